The van der Waals surface area contributed by atoms with Gasteiger partial charge in [-0.1, -0.05) is 26.0 Å². The zero-order valence-corrected chi connectivity index (χ0v) is 10.0. The van der Waals surface area contributed by atoms with E-state index in [1.165, 1.54) is 6.07 Å². The average molecular weight is 238 g/mol. The van der Waals surface area contributed by atoms with Gasteiger partial charge in [-0.3, -0.25) is 0 Å². The van der Waals surface area contributed by atoms with Gasteiger partial charge in [-0.15, -0.1) is 0 Å². The molecule has 1 atom stereocenters. The summed E-state index contributed by atoms with van der Waals surface area (Å²) >= 11 is 0. The monoisotopic (exact) mass is 238 g/mol. The lowest BCUT2D eigenvalue weighted by Crippen LogP contribution is -2.24. The number of rotatable bonds is 1. The van der Waals surface area contributed by atoms with E-state index >= 15 is 0 Å². The smallest absolute Gasteiger partial charge is 0.159 e. The highest BCUT2D eigenvalue weighted by molar-refractivity contribution is 5.67. The van der Waals surface area contributed by atoms with Gasteiger partial charge in [-0.05, 0) is 41.5 Å². The number of aliphatic hydroxyl groups excluding tert-OH is 1. The number of hydrogen-bond donors (Lipinski definition) is 1. The summed E-state index contributed by atoms with van der Waals surface area (Å²) in [5.41, 5.74) is 1.51. The molecule has 17 heavy (non-hydrogen) atoms. The van der Waals surface area contributed by atoms with Crippen LogP contribution in [0.1, 0.15) is 32.3 Å². The molecule has 1 aromatic rings. The highest BCUT2D eigenvalue weighted by atomic mass is 19.2. The van der Waals surface area contributed by atoms with Gasteiger partial charge in [0.15, 0.2) is 11.6 Å². The van der Waals surface area contributed by atoms with Crippen molar-refractivity contribution in [3.8, 4) is 0 Å². The minimum absolute atomic E-state index is 0.0195. The minimum Gasteiger partial charge on any atom is -0.389 e. The summed E-state index contributed by atoms with van der Waals surface area (Å²) in [5.74, 6) is -1.69. The summed E-state index contributed by atoms with van der Waals surface area (Å²) in [6.45, 7) is 4.12. The molecule has 1 unspecified atom stereocenters. The topological polar surface area (TPSA) is 20.2 Å². The second-order valence-electron chi connectivity index (χ2n) is 5.43. The molecular weight excluding hydrogens is 222 g/mol. The van der Waals surface area contributed by atoms with Gasteiger partial charge in [-0.25, -0.2) is 8.78 Å². The van der Waals surface area contributed by atoms with Crippen LogP contribution < -0.4 is 0 Å². The molecule has 0 radical (unpaired) electrons. The van der Waals surface area contributed by atoms with Crippen LogP contribution in [0.4, 0.5) is 8.78 Å². The SMILES string of the molecule is CC1(C)CC(c2ccc(F)c(F)c2)=CC(O)C1. The van der Waals surface area contributed by atoms with Crippen LogP contribution in [0.2, 0.25) is 0 Å². The molecule has 1 aromatic carbocycles. The highest BCUT2D eigenvalue weighted by Crippen LogP contribution is 2.39. The van der Waals surface area contributed by atoms with Crippen LogP contribution in [0.15, 0.2) is 24.3 Å². The predicted octanol–water partition coefficient (Wildman–Crippen LogP) is 3.53. The summed E-state index contributed by atoms with van der Waals surface area (Å²) in [6, 6.07) is 3.87. The molecule has 2 rings (SSSR count). The van der Waals surface area contributed by atoms with Gasteiger partial charge < -0.3 is 5.11 Å². The van der Waals surface area contributed by atoms with Crippen molar-refractivity contribution in [3.05, 3.63) is 41.5 Å². The Kier molecular flexibility index (Phi) is 3.04. The van der Waals surface area contributed by atoms with Gasteiger partial charge in [0.1, 0.15) is 0 Å². The van der Waals surface area contributed by atoms with E-state index in [-0.39, 0.29) is 5.41 Å². The molecule has 1 aliphatic rings. The third-order valence-electron chi connectivity index (χ3n) is 3.11. The van der Waals surface area contributed by atoms with Gasteiger partial charge in [0.2, 0.25) is 0 Å². The number of halogens is 2. The zero-order valence-electron chi connectivity index (χ0n) is 10.0. The Morgan fingerprint density at radius 1 is 1.24 bits per heavy atom. The van der Waals surface area contributed by atoms with Crippen LogP contribution in [0.25, 0.3) is 5.57 Å². The summed E-state index contributed by atoms with van der Waals surface area (Å²) in [6.07, 6.45) is 2.68. The Morgan fingerprint density at radius 3 is 2.53 bits per heavy atom. The molecule has 1 aliphatic carbocycles. The molecule has 0 aliphatic heterocycles. The third kappa shape index (κ3) is 2.72. The Hall–Kier alpha value is -1.22. The lowest BCUT2D eigenvalue weighted by atomic mass is 9.74. The van der Waals surface area contributed by atoms with Crippen molar-refractivity contribution in [3.63, 3.8) is 0 Å². The highest BCUT2D eigenvalue weighted by Gasteiger charge is 2.28. The molecular formula is C14H16F2O. The van der Waals surface area contributed by atoms with E-state index in [0.29, 0.717) is 12.0 Å². The van der Waals surface area contributed by atoms with Crippen LogP contribution in [0.5, 0.6) is 0 Å². The van der Waals surface area contributed by atoms with E-state index in [4.69, 9.17) is 0 Å². The molecule has 3 heteroatoms. The van der Waals surface area contributed by atoms with E-state index in [2.05, 4.69) is 13.8 Å². The first-order chi connectivity index (χ1) is 7.87. The molecule has 1 N–H and O–H groups in total. The molecule has 0 heterocycles. The maximum Gasteiger partial charge on any atom is 0.159 e. The summed E-state index contributed by atoms with van der Waals surface area (Å²) in [5, 5.41) is 9.76. The van der Waals surface area contributed by atoms with Gasteiger partial charge in [0, 0.05) is 0 Å². The predicted molar refractivity (Wildman–Crippen MR) is 63.4 cm³/mol. The molecule has 0 saturated heterocycles. The number of benzene rings is 1. The molecule has 0 spiro atoms. The maximum atomic E-state index is 13.2. The Labute approximate surface area is 99.8 Å². The maximum absolute atomic E-state index is 13.2. The first kappa shape index (κ1) is 12.2. The standard InChI is InChI=1S/C14H16F2O/c1-14(2)7-10(5-11(17)8-14)9-3-4-12(15)13(16)6-9/h3-6,11,17H,7-8H2,1-2H3. The lowest BCUT2D eigenvalue weighted by Gasteiger charge is -2.32. The Bertz CT molecular complexity index is 463. The number of aliphatic hydroxyl groups is 1. The molecule has 0 saturated carbocycles. The second-order valence-corrected chi connectivity index (χ2v) is 5.43. The summed E-state index contributed by atoms with van der Waals surface area (Å²) < 4.78 is 26.0. The van der Waals surface area contributed by atoms with Crippen molar-refractivity contribution in [1.29, 1.82) is 0 Å². The summed E-state index contributed by atoms with van der Waals surface area (Å²) in [7, 11) is 0. The van der Waals surface area contributed by atoms with E-state index in [9.17, 15) is 13.9 Å². The Balaban J connectivity index is 2.36. The third-order valence-corrected chi connectivity index (χ3v) is 3.11. The fourth-order valence-electron chi connectivity index (χ4n) is 2.40. The van der Waals surface area contributed by atoms with Crippen molar-refractivity contribution in [2.45, 2.75) is 32.8 Å². The van der Waals surface area contributed by atoms with E-state index in [1.54, 1.807) is 12.1 Å². The molecule has 0 bridgehead atoms. The normalized spacial score (nSPS) is 23.4. The zero-order chi connectivity index (χ0) is 12.6. The van der Waals surface area contributed by atoms with Crippen molar-refractivity contribution in [2.24, 2.45) is 5.41 Å². The molecule has 92 valence electrons. The largest absolute Gasteiger partial charge is 0.389 e. The summed E-state index contributed by atoms with van der Waals surface area (Å²) in [4.78, 5) is 0. The average Bonchev–Trinajstić information content (AvgIpc) is 2.19. The first-order valence-electron chi connectivity index (χ1n) is 5.72. The molecule has 0 fully saturated rings. The van der Waals surface area contributed by atoms with E-state index in [0.717, 1.165) is 18.1 Å². The minimum atomic E-state index is -0.846. The van der Waals surface area contributed by atoms with Crippen LogP contribution >= 0.6 is 0 Å². The van der Waals surface area contributed by atoms with Crippen molar-refractivity contribution < 1.29 is 13.9 Å². The Morgan fingerprint density at radius 2 is 1.94 bits per heavy atom. The van der Waals surface area contributed by atoms with Gasteiger partial charge in [0.05, 0.1) is 6.10 Å². The molecule has 0 aromatic heterocycles. The van der Waals surface area contributed by atoms with Crippen LogP contribution in [0.3, 0.4) is 0 Å². The number of hydrogen-bond acceptors (Lipinski definition) is 1. The quantitative estimate of drug-likeness (QED) is 0.793. The molecule has 0 amide bonds. The van der Waals surface area contributed by atoms with Gasteiger partial charge >= 0.3 is 0 Å². The first-order valence-corrected chi connectivity index (χ1v) is 5.72. The van der Waals surface area contributed by atoms with Gasteiger partial charge in [-0.2, -0.15) is 0 Å². The van der Waals surface area contributed by atoms with E-state index in [1.807, 2.05) is 0 Å². The van der Waals surface area contributed by atoms with Crippen molar-refractivity contribution >= 4 is 5.57 Å². The van der Waals surface area contributed by atoms with Crippen LogP contribution in [-0.2, 0) is 0 Å². The van der Waals surface area contributed by atoms with Gasteiger partial charge in [0.25, 0.3) is 0 Å². The second kappa shape index (κ2) is 4.22. The van der Waals surface area contributed by atoms with Crippen molar-refractivity contribution in [2.75, 3.05) is 0 Å². The van der Waals surface area contributed by atoms with Crippen LogP contribution in [-0.4, -0.2) is 11.2 Å². The lowest BCUT2D eigenvalue weighted by molar-refractivity contribution is 0.146. The fourth-order valence-corrected chi connectivity index (χ4v) is 2.40. The van der Waals surface area contributed by atoms with E-state index < -0.39 is 17.7 Å². The number of allylic oxidation sites excluding steroid dienone is 1. The van der Waals surface area contributed by atoms with Crippen molar-refractivity contribution in [1.82, 2.24) is 0 Å². The fraction of sp³-hybridized carbons (Fsp3) is 0.429. The van der Waals surface area contributed by atoms with Crippen LogP contribution in [0, 0.1) is 17.0 Å². The molecule has 1 nitrogen and oxygen atoms in total.